The van der Waals surface area contributed by atoms with Crippen molar-refractivity contribution in [3.63, 3.8) is 0 Å². The van der Waals surface area contributed by atoms with Crippen molar-refractivity contribution in [1.82, 2.24) is 14.6 Å². The summed E-state index contributed by atoms with van der Waals surface area (Å²) >= 11 is 1.59. The van der Waals surface area contributed by atoms with Gasteiger partial charge in [0.2, 0.25) is 0 Å². The molecule has 0 fully saturated rings. The van der Waals surface area contributed by atoms with Crippen LogP contribution in [0.25, 0.3) is 10.2 Å². The maximum Gasteiger partial charge on any atom is 0.263 e. The first kappa shape index (κ1) is 18.3. The van der Waals surface area contributed by atoms with Gasteiger partial charge in [0.25, 0.3) is 11.5 Å². The fourth-order valence-electron chi connectivity index (χ4n) is 4.38. The van der Waals surface area contributed by atoms with E-state index in [4.69, 9.17) is 8.83 Å². The Morgan fingerprint density at radius 1 is 1.19 bits per heavy atom. The maximum atomic E-state index is 13.3. The van der Waals surface area contributed by atoms with Crippen molar-refractivity contribution < 1.29 is 13.6 Å². The lowest BCUT2D eigenvalue weighted by atomic mass is 10.1. The number of nitrogens with zero attached hydrogens (tertiary/aromatic N) is 4. The topological polar surface area (TPSA) is 93.8 Å². The van der Waals surface area contributed by atoms with Crippen molar-refractivity contribution in [2.45, 2.75) is 38.3 Å². The Morgan fingerprint density at radius 2 is 2.06 bits per heavy atom. The van der Waals surface area contributed by atoms with E-state index >= 15 is 0 Å². The van der Waals surface area contributed by atoms with E-state index in [1.54, 1.807) is 36.0 Å². The number of aryl methyl sites for hydroxylation is 2. The number of aromatic nitrogens is 2. The summed E-state index contributed by atoms with van der Waals surface area (Å²) in [4.78, 5) is 32.9. The third-order valence-electron chi connectivity index (χ3n) is 5.84. The highest BCUT2D eigenvalue weighted by atomic mass is 32.1. The van der Waals surface area contributed by atoms with Gasteiger partial charge in [-0.2, -0.15) is 5.10 Å². The molecule has 1 aliphatic heterocycles. The number of hydrazone groups is 1. The normalized spacial score (nSPS) is 18.0. The smallest absolute Gasteiger partial charge is 0.263 e. The van der Waals surface area contributed by atoms with Crippen molar-refractivity contribution in [2.24, 2.45) is 5.10 Å². The van der Waals surface area contributed by atoms with Crippen LogP contribution in [0.1, 0.15) is 40.8 Å². The monoisotopic (exact) mass is 434 g/mol. The number of furan rings is 2. The number of fused-ring (bicyclic) bond motifs is 3. The van der Waals surface area contributed by atoms with Gasteiger partial charge in [0.1, 0.15) is 34.6 Å². The number of rotatable bonds is 4. The molecule has 0 saturated heterocycles. The lowest BCUT2D eigenvalue weighted by Crippen LogP contribution is -2.34. The Kier molecular flexibility index (Phi) is 4.17. The molecule has 5 heterocycles. The van der Waals surface area contributed by atoms with Crippen molar-refractivity contribution in [3.05, 3.63) is 75.4 Å². The molecule has 6 rings (SSSR count). The standard InChI is InChI=1S/C22H18N4O4S/c27-19(11-25-12-23-21-20(22(25)28)13-4-1-7-18(13)31-21)26-15(17-6-3-9-30-17)10-14(24-26)16-5-2-8-29-16/h2-3,5-6,8-9,12,15H,1,4,7,10-11H2. The molecule has 0 bridgehead atoms. The first-order valence-electron chi connectivity index (χ1n) is 10.2. The predicted octanol–water partition coefficient (Wildman–Crippen LogP) is 3.51. The lowest BCUT2D eigenvalue weighted by molar-refractivity contribution is -0.134. The van der Waals surface area contributed by atoms with Gasteiger partial charge in [-0.15, -0.1) is 11.3 Å². The number of hydrogen-bond donors (Lipinski definition) is 0. The fourth-order valence-corrected chi connectivity index (χ4v) is 5.60. The van der Waals surface area contributed by atoms with Crippen LogP contribution in [0.2, 0.25) is 0 Å². The molecule has 0 radical (unpaired) electrons. The second-order valence-corrected chi connectivity index (χ2v) is 8.80. The van der Waals surface area contributed by atoms with E-state index in [-0.39, 0.29) is 24.1 Å². The Labute approximate surface area is 180 Å². The van der Waals surface area contributed by atoms with Crippen LogP contribution in [0.5, 0.6) is 0 Å². The summed E-state index contributed by atoms with van der Waals surface area (Å²) in [5.74, 6) is 0.939. The first-order chi connectivity index (χ1) is 15.2. The molecular formula is C22H18N4O4S. The quantitative estimate of drug-likeness (QED) is 0.490. The second kappa shape index (κ2) is 7.05. The summed E-state index contributed by atoms with van der Waals surface area (Å²) in [5.41, 5.74) is 1.60. The highest BCUT2D eigenvalue weighted by molar-refractivity contribution is 7.18. The van der Waals surface area contributed by atoms with Crippen LogP contribution in [0.15, 0.2) is 61.8 Å². The molecule has 31 heavy (non-hydrogen) atoms. The molecule has 8 nitrogen and oxygen atoms in total. The number of carbonyl (C=O) groups is 1. The molecule has 2 aliphatic rings. The number of thiophene rings is 1. The van der Waals surface area contributed by atoms with E-state index in [9.17, 15) is 9.59 Å². The van der Waals surface area contributed by atoms with Gasteiger partial charge in [0, 0.05) is 11.3 Å². The molecule has 1 unspecified atom stereocenters. The number of hydrogen-bond acceptors (Lipinski definition) is 7. The molecule has 0 aromatic carbocycles. The second-order valence-electron chi connectivity index (χ2n) is 7.71. The number of carbonyl (C=O) groups excluding carboxylic acids is 1. The van der Waals surface area contributed by atoms with Crippen LogP contribution in [-0.2, 0) is 24.2 Å². The van der Waals surface area contributed by atoms with E-state index in [0.29, 0.717) is 29.0 Å². The highest BCUT2D eigenvalue weighted by Crippen LogP contribution is 2.35. The largest absolute Gasteiger partial charge is 0.467 e. The molecule has 1 aliphatic carbocycles. The van der Waals surface area contributed by atoms with Crippen molar-refractivity contribution >= 4 is 33.2 Å². The Hall–Kier alpha value is -3.46. The maximum absolute atomic E-state index is 13.3. The molecular weight excluding hydrogens is 416 g/mol. The minimum atomic E-state index is -0.389. The minimum absolute atomic E-state index is 0.140. The molecule has 1 amide bonds. The van der Waals surface area contributed by atoms with Crippen LogP contribution >= 0.6 is 11.3 Å². The molecule has 4 aromatic heterocycles. The van der Waals surface area contributed by atoms with Gasteiger partial charge in [-0.3, -0.25) is 14.2 Å². The third kappa shape index (κ3) is 2.96. The van der Waals surface area contributed by atoms with Crippen LogP contribution < -0.4 is 5.56 Å². The van der Waals surface area contributed by atoms with E-state index in [1.807, 2.05) is 12.1 Å². The van der Waals surface area contributed by atoms with Gasteiger partial charge in [0.15, 0.2) is 0 Å². The average molecular weight is 434 g/mol. The summed E-state index contributed by atoms with van der Waals surface area (Å²) in [6, 6.07) is 6.80. The molecule has 1 atom stereocenters. The average Bonchev–Trinajstić information content (AvgIpc) is 3.57. The summed E-state index contributed by atoms with van der Waals surface area (Å²) in [5, 5.41) is 6.57. The zero-order valence-electron chi connectivity index (χ0n) is 16.5. The van der Waals surface area contributed by atoms with Gasteiger partial charge in [-0.25, -0.2) is 9.99 Å². The Bertz CT molecular complexity index is 1360. The summed E-state index contributed by atoms with van der Waals surface area (Å²) in [6.07, 6.45) is 8.03. The Morgan fingerprint density at radius 3 is 2.87 bits per heavy atom. The van der Waals surface area contributed by atoms with Crippen LogP contribution in [0.3, 0.4) is 0 Å². The van der Waals surface area contributed by atoms with Crippen molar-refractivity contribution in [3.8, 4) is 0 Å². The first-order valence-corrected chi connectivity index (χ1v) is 11.0. The fraction of sp³-hybridized carbons (Fsp3) is 0.273. The lowest BCUT2D eigenvalue weighted by Gasteiger charge is -2.20. The summed E-state index contributed by atoms with van der Waals surface area (Å²) in [6.45, 7) is -0.140. The number of amides is 1. The van der Waals surface area contributed by atoms with Crippen molar-refractivity contribution in [1.29, 1.82) is 0 Å². The molecule has 0 saturated carbocycles. The molecule has 156 valence electrons. The SMILES string of the molecule is O=C(Cn1cnc2sc3c(c2c1=O)CCC3)N1N=C(c2ccco2)CC1c1ccco1. The zero-order valence-corrected chi connectivity index (χ0v) is 17.3. The molecule has 4 aromatic rings. The van der Waals surface area contributed by atoms with Gasteiger partial charge >= 0.3 is 0 Å². The van der Waals surface area contributed by atoms with Gasteiger partial charge in [-0.1, -0.05) is 0 Å². The van der Waals surface area contributed by atoms with Crippen molar-refractivity contribution in [2.75, 3.05) is 0 Å². The van der Waals surface area contributed by atoms with Crippen LogP contribution in [0.4, 0.5) is 0 Å². The third-order valence-corrected chi connectivity index (χ3v) is 7.04. The van der Waals surface area contributed by atoms with E-state index in [2.05, 4.69) is 10.1 Å². The van der Waals surface area contributed by atoms with Gasteiger partial charge in [-0.05, 0) is 49.1 Å². The highest BCUT2D eigenvalue weighted by Gasteiger charge is 2.36. The molecule has 0 N–H and O–H groups in total. The summed E-state index contributed by atoms with van der Waals surface area (Å²) in [7, 11) is 0. The van der Waals surface area contributed by atoms with E-state index in [0.717, 1.165) is 29.7 Å². The van der Waals surface area contributed by atoms with Crippen LogP contribution in [-0.4, -0.2) is 26.2 Å². The summed E-state index contributed by atoms with van der Waals surface area (Å²) < 4.78 is 12.4. The van der Waals surface area contributed by atoms with E-state index in [1.165, 1.54) is 20.8 Å². The zero-order chi connectivity index (χ0) is 20.9. The Balaban J connectivity index is 1.35. The van der Waals surface area contributed by atoms with E-state index < -0.39 is 0 Å². The van der Waals surface area contributed by atoms with Crippen LogP contribution in [0, 0.1) is 0 Å². The predicted molar refractivity (Wildman–Crippen MR) is 114 cm³/mol. The molecule has 0 spiro atoms. The van der Waals surface area contributed by atoms with Gasteiger partial charge in [0.05, 0.1) is 24.2 Å². The van der Waals surface area contributed by atoms with Gasteiger partial charge < -0.3 is 8.83 Å². The molecule has 9 heteroatoms. The minimum Gasteiger partial charge on any atom is -0.467 e.